The van der Waals surface area contributed by atoms with Gasteiger partial charge in [0, 0.05) is 13.5 Å². The van der Waals surface area contributed by atoms with Crippen LogP contribution in [0, 0.1) is 0 Å². The molecule has 0 bridgehead atoms. The Morgan fingerprint density at radius 2 is 2.13 bits per heavy atom. The van der Waals surface area contributed by atoms with E-state index in [9.17, 15) is 9.59 Å². The molecule has 1 aliphatic rings. The lowest BCUT2D eigenvalue weighted by Crippen LogP contribution is -2.40. The molecule has 1 saturated carbocycles. The van der Waals surface area contributed by atoms with E-state index in [1.165, 1.54) is 0 Å². The first-order chi connectivity index (χ1) is 7.13. The molecule has 0 saturated heterocycles. The Morgan fingerprint density at radius 1 is 1.40 bits per heavy atom. The second kappa shape index (κ2) is 5.70. The summed E-state index contributed by atoms with van der Waals surface area (Å²) in [5, 5.41) is 11.2. The van der Waals surface area contributed by atoms with Gasteiger partial charge in [0.25, 0.3) is 0 Å². The predicted molar refractivity (Wildman–Crippen MR) is 53.4 cm³/mol. The third-order valence-electron chi connectivity index (χ3n) is 2.67. The topological polar surface area (TPSA) is 75.6 Å². The van der Waals surface area contributed by atoms with Crippen molar-refractivity contribution in [2.75, 3.05) is 7.11 Å². The summed E-state index contributed by atoms with van der Waals surface area (Å²) in [6, 6.07) is 0.0521. The van der Waals surface area contributed by atoms with Crippen molar-refractivity contribution in [3.05, 3.63) is 0 Å². The second-order valence-corrected chi connectivity index (χ2v) is 3.77. The Balaban J connectivity index is 2.27. The van der Waals surface area contributed by atoms with Gasteiger partial charge in [-0.05, 0) is 19.3 Å². The average molecular weight is 215 g/mol. The number of nitrogens with one attached hydrogen (secondary N) is 1. The zero-order valence-electron chi connectivity index (χ0n) is 8.86. The summed E-state index contributed by atoms with van der Waals surface area (Å²) in [5.41, 5.74) is 0. The Labute approximate surface area is 88.8 Å². The van der Waals surface area contributed by atoms with Gasteiger partial charge in [-0.2, -0.15) is 0 Å². The standard InChI is InChI=1S/C10H17NO4/c1-15-8-4-2-3-7(8)11-9(12)5-6-10(13)14/h7-8H,2-6H2,1H3,(H,11,12)(H,13,14). The van der Waals surface area contributed by atoms with Gasteiger partial charge in [0.2, 0.25) is 5.91 Å². The van der Waals surface area contributed by atoms with Crippen LogP contribution in [0.1, 0.15) is 32.1 Å². The van der Waals surface area contributed by atoms with Crippen LogP contribution in [-0.4, -0.2) is 36.2 Å². The van der Waals surface area contributed by atoms with Crippen molar-refractivity contribution in [3.63, 3.8) is 0 Å². The molecule has 0 aromatic rings. The van der Waals surface area contributed by atoms with E-state index in [4.69, 9.17) is 9.84 Å². The normalized spacial score (nSPS) is 25.1. The number of carboxylic acid groups (broad SMARTS) is 1. The van der Waals surface area contributed by atoms with Crippen LogP contribution in [0.25, 0.3) is 0 Å². The van der Waals surface area contributed by atoms with Gasteiger partial charge in [-0.3, -0.25) is 9.59 Å². The molecule has 2 unspecified atom stereocenters. The van der Waals surface area contributed by atoms with Gasteiger partial charge in [0.1, 0.15) is 0 Å². The zero-order valence-corrected chi connectivity index (χ0v) is 8.86. The first kappa shape index (κ1) is 12.0. The summed E-state index contributed by atoms with van der Waals surface area (Å²) < 4.78 is 5.22. The minimum atomic E-state index is -0.945. The van der Waals surface area contributed by atoms with Crippen molar-refractivity contribution in [2.24, 2.45) is 0 Å². The van der Waals surface area contributed by atoms with Crippen molar-refractivity contribution < 1.29 is 19.4 Å². The molecule has 2 atom stereocenters. The van der Waals surface area contributed by atoms with Crippen molar-refractivity contribution in [2.45, 2.75) is 44.2 Å². The average Bonchev–Trinajstić information content (AvgIpc) is 2.62. The molecule has 86 valence electrons. The highest BCUT2D eigenvalue weighted by Gasteiger charge is 2.28. The maximum atomic E-state index is 11.3. The Kier molecular flexibility index (Phi) is 4.55. The number of rotatable bonds is 5. The van der Waals surface area contributed by atoms with Crippen LogP contribution in [0.4, 0.5) is 0 Å². The van der Waals surface area contributed by atoms with Crippen molar-refractivity contribution in [3.8, 4) is 0 Å². The molecular formula is C10H17NO4. The number of aliphatic carboxylic acids is 1. The number of methoxy groups -OCH3 is 1. The lowest BCUT2D eigenvalue weighted by molar-refractivity contribution is -0.139. The highest BCUT2D eigenvalue weighted by Crippen LogP contribution is 2.21. The maximum absolute atomic E-state index is 11.3. The van der Waals surface area contributed by atoms with E-state index in [1.54, 1.807) is 7.11 Å². The van der Waals surface area contributed by atoms with Crippen molar-refractivity contribution in [1.29, 1.82) is 0 Å². The lowest BCUT2D eigenvalue weighted by atomic mass is 10.2. The summed E-state index contributed by atoms with van der Waals surface area (Å²) in [4.78, 5) is 21.6. The quantitative estimate of drug-likeness (QED) is 0.701. The molecule has 0 aromatic carbocycles. The lowest BCUT2D eigenvalue weighted by Gasteiger charge is -2.19. The monoisotopic (exact) mass is 215 g/mol. The molecule has 0 aromatic heterocycles. The SMILES string of the molecule is COC1CCCC1NC(=O)CCC(=O)O. The second-order valence-electron chi connectivity index (χ2n) is 3.77. The number of carbonyl (C=O) groups is 2. The van der Waals surface area contributed by atoms with Gasteiger partial charge in [0.15, 0.2) is 0 Å². The molecule has 1 aliphatic carbocycles. The molecule has 5 nitrogen and oxygen atoms in total. The third kappa shape index (κ3) is 3.87. The van der Waals surface area contributed by atoms with Crippen LogP contribution >= 0.6 is 0 Å². The molecule has 15 heavy (non-hydrogen) atoms. The fourth-order valence-electron chi connectivity index (χ4n) is 1.87. The molecular weight excluding hydrogens is 198 g/mol. The van der Waals surface area contributed by atoms with Gasteiger partial charge >= 0.3 is 5.97 Å². The number of amides is 1. The minimum absolute atomic E-state index is 0.0439. The summed E-state index contributed by atoms with van der Waals surface area (Å²) in [7, 11) is 1.63. The molecule has 1 fully saturated rings. The van der Waals surface area contributed by atoms with Gasteiger partial charge in [-0.25, -0.2) is 0 Å². The smallest absolute Gasteiger partial charge is 0.303 e. The van der Waals surface area contributed by atoms with Gasteiger partial charge in [-0.15, -0.1) is 0 Å². The summed E-state index contributed by atoms with van der Waals surface area (Å²) in [5.74, 6) is -1.15. The summed E-state index contributed by atoms with van der Waals surface area (Å²) in [6.07, 6.45) is 2.93. The van der Waals surface area contributed by atoms with E-state index in [1.807, 2.05) is 0 Å². The molecule has 0 aliphatic heterocycles. The van der Waals surface area contributed by atoms with Crippen LogP contribution < -0.4 is 5.32 Å². The van der Waals surface area contributed by atoms with E-state index in [-0.39, 0.29) is 30.9 Å². The van der Waals surface area contributed by atoms with E-state index in [0.717, 1.165) is 19.3 Å². The maximum Gasteiger partial charge on any atom is 0.303 e. The van der Waals surface area contributed by atoms with Crippen LogP contribution in [0.15, 0.2) is 0 Å². The highest BCUT2D eigenvalue weighted by atomic mass is 16.5. The summed E-state index contributed by atoms with van der Waals surface area (Å²) in [6.45, 7) is 0. The van der Waals surface area contributed by atoms with Crippen LogP contribution in [0.5, 0.6) is 0 Å². The number of ether oxygens (including phenoxy) is 1. The fraction of sp³-hybridized carbons (Fsp3) is 0.800. The van der Waals surface area contributed by atoms with E-state index in [2.05, 4.69) is 5.32 Å². The molecule has 1 amide bonds. The predicted octanol–water partition coefficient (Wildman–Crippen LogP) is 0.535. The van der Waals surface area contributed by atoms with E-state index in [0.29, 0.717) is 0 Å². The highest BCUT2D eigenvalue weighted by molar-refractivity contribution is 5.80. The molecule has 2 N–H and O–H groups in total. The van der Waals surface area contributed by atoms with E-state index < -0.39 is 5.97 Å². The Morgan fingerprint density at radius 3 is 2.73 bits per heavy atom. The first-order valence-corrected chi connectivity index (χ1v) is 5.17. The Bertz CT molecular complexity index is 242. The van der Waals surface area contributed by atoms with Gasteiger partial charge in [-0.1, -0.05) is 0 Å². The number of hydrogen-bond donors (Lipinski definition) is 2. The van der Waals surface area contributed by atoms with Crippen molar-refractivity contribution >= 4 is 11.9 Å². The number of carbonyl (C=O) groups excluding carboxylic acids is 1. The van der Waals surface area contributed by atoms with Gasteiger partial charge < -0.3 is 15.2 Å². The van der Waals surface area contributed by atoms with E-state index >= 15 is 0 Å². The molecule has 5 heteroatoms. The molecule has 0 spiro atoms. The number of carboxylic acids is 1. The van der Waals surface area contributed by atoms with Crippen LogP contribution in [0.2, 0.25) is 0 Å². The third-order valence-corrected chi connectivity index (χ3v) is 2.67. The van der Waals surface area contributed by atoms with Crippen molar-refractivity contribution in [1.82, 2.24) is 5.32 Å². The van der Waals surface area contributed by atoms with Crippen LogP contribution in [-0.2, 0) is 14.3 Å². The molecule has 0 radical (unpaired) electrons. The Hall–Kier alpha value is -1.10. The molecule has 0 heterocycles. The van der Waals surface area contributed by atoms with Gasteiger partial charge in [0.05, 0.1) is 18.6 Å². The van der Waals surface area contributed by atoms with Crippen LogP contribution in [0.3, 0.4) is 0 Å². The first-order valence-electron chi connectivity index (χ1n) is 5.17. The number of hydrogen-bond acceptors (Lipinski definition) is 3. The summed E-state index contributed by atoms with van der Waals surface area (Å²) >= 11 is 0. The fourth-order valence-corrected chi connectivity index (χ4v) is 1.87. The zero-order chi connectivity index (χ0) is 11.3. The minimum Gasteiger partial charge on any atom is -0.481 e. The largest absolute Gasteiger partial charge is 0.481 e. The molecule has 1 rings (SSSR count).